The second kappa shape index (κ2) is 10.1. The zero-order valence-electron chi connectivity index (χ0n) is 16.0. The van der Waals surface area contributed by atoms with Gasteiger partial charge in [0.2, 0.25) is 0 Å². The highest BCUT2D eigenvalue weighted by Gasteiger charge is 2.24. The average molecular weight is 426 g/mol. The minimum Gasteiger partial charge on any atom is -0.461 e. The number of anilines is 1. The number of ether oxygens (including phenoxy) is 2. The molecule has 0 radical (unpaired) electrons. The van der Waals surface area contributed by atoms with Gasteiger partial charge in [0.05, 0.1) is 12.2 Å². The van der Waals surface area contributed by atoms with Crippen molar-refractivity contribution in [2.75, 3.05) is 18.5 Å². The van der Waals surface area contributed by atoms with E-state index in [4.69, 9.17) is 9.47 Å². The maximum atomic E-state index is 12.3. The van der Waals surface area contributed by atoms with Gasteiger partial charge in [-0.15, -0.1) is 0 Å². The second-order valence-corrected chi connectivity index (χ2v) is 6.94. The Balaban J connectivity index is 1.95. The summed E-state index contributed by atoms with van der Waals surface area (Å²) in [7, 11) is 0. The van der Waals surface area contributed by atoms with Gasteiger partial charge >= 0.3 is 11.9 Å². The fraction of sp³-hybridized carbons (Fsp3) is 0.316. The Labute approximate surface area is 170 Å². The minimum absolute atomic E-state index is 0.155. The number of amides is 1. The largest absolute Gasteiger partial charge is 0.461 e. The highest BCUT2D eigenvalue weighted by Crippen LogP contribution is 2.26. The number of thioether (sulfide) groups is 1. The van der Waals surface area contributed by atoms with E-state index in [1.165, 1.54) is 24.3 Å². The SMILES string of the molecule is CCOC(=O)c1[nH]c(C)c(C(=O)OCC(=O)Nc2ccc(SC(F)F)cc2)c1C. The monoisotopic (exact) mass is 426 g/mol. The third-order valence-corrected chi connectivity index (χ3v) is 4.54. The zero-order chi connectivity index (χ0) is 21.6. The van der Waals surface area contributed by atoms with Crippen LogP contribution in [0.15, 0.2) is 29.2 Å². The lowest BCUT2D eigenvalue weighted by molar-refractivity contribution is -0.119. The van der Waals surface area contributed by atoms with Crippen LogP contribution in [0.5, 0.6) is 0 Å². The molecule has 0 spiro atoms. The van der Waals surface area contributed by atoms with Gasteiger partial charge in [-0.3, -0.25) is 4.79 Å². The van der Waals surface area contributed by atoms with Crippen LogP contribution in [-0.2, 0) is 14.3 Å². The van der Waals surface area contributed by atoms with Crippen molar-refractivity contribution >= 4 is 35.3 Å². The van der Waals surface area contributed by atoms with E-state index in [1.54, 1.807) is 20.8 Å². The number of hydrogen-bond donors (Lipinski definition) is 2. The summed E-state index contributed by atoms with van der Waals surface area (Å²) in [6, 6.07) is 5.83. The number of carbonyl (C=O) groups excluding carboxylic acids is 3. The predicted molar refractivity (Wildman–Crippen MR) is 103 cm³/mol. The molecule has 29 heavy (non-hydrogen) atoms. The molecule has 10 heteroatoms. The molecule has 156 valence electrons. The van der Waals surface area contributed by atoms with E-state index in [-0.39, 0.29) is 17.9 Å². The Morgan fingerprint density at radius 2 is 1.76 bits per heavy atom. The molecule has 0 aliphatic carbocycles. The normalized spacial score (nSPS) is 10.7. The first-order valence-corrected chi connectivity index (χ1v) is 9.49. The molecule has 0 bridgehead atoms. The minimum atomic E-state index is -2.53. The van der Waals surface area contributed by atoms with Gasteiger partial charge in [-0.1, -0.05) is 11.8 Å². The number of nitrogens with one attached hydrogen (secondary N) is 2. The van der Waals surface area contributed by atoms with Crippen LogP contribution in [-0.4, -0.2) is 41.8 Å². The van der Waals surface area contributed by atoms with Crippen molar-refractivity contribution in [3.8, 4) is 0 Å². The number of esters is 2. The first-order valence-electron chi connectivity index (χ1n) is 8.61. The molecule has 2 rings (SSSR count). The number of hydrogen-bond acceptors (Lipinski definition) is 6. The Hall–Kier alpha value is -2.88. The molecule has 2 N–H and O–H groups in total. The van der Waals surface area contributed by atoms with E-state index < -0.39 is 30.2 Å². The number of H-pyrrole nitrogens is 1. The Morgan fingerprint density at radius 1 is 1.10 bits per heavy atom. The summed E-state index contributed by atoms with van der Waals surface area (Å²) in [6.45, 7) is 4.49. The molecule has 0 atom stereocenters. The summed E-state index contributed by atoms with van der Waals surface area (Å²) in [5.74, 6) is -4.47. The Kier molecular flexibility index (Phi) is 7.77. The van der Waals surface area contributed by atoms with E-state index in [1.807, 2.05) is 0 Å². The number of benzene rings is 1. The molecule has 2 aromatic rings. The van der Waals surface area contributed by atoms with Crippen LogP contribution in [0.1, 0.15) is 39.0 Å². The van der Waals surface area contributed by atoms with Gasteiger partial charge in [-0.05, 0) is 50.6 Å². The molecule has 0 aliphatic heterocycles. The van der Waals surface area contributed by atoms with Crippen molar-refractivity contribution in [1.29, 1.82) is 0 Å². The molecular weight excluding hydrogens is 406 g/mol. The summed E-state index contributed by atoms with van der Waals surface area (Å²) < 4.78 is 34.6. The lowest BCUT2D eigenvalue weighted by atomic mass is 10.1. The summed E-state index contributed by atoms with van der Waals surface area (Å²) in [5.41, 5.74) is 1.49. The van der Waals surface area contributed by atoms with Crippen molar-refractivity contribution in [2.24, 2.45) is 0 Å². The van der Waals surface area contributed by atoms with Crippen molar-refractivity contribution < 1.29 is 32.6 Å². The number of rotatable bonds is 8. The van der Waals surface area contributed by atoms with Crippen molar-refractivity contribution in [3.63, 3.8) is 0 Å². The summed E-state index contributed by atoms with van der Waals surface area (Å²) >= 11 is 0.396. The van der Waals surface area contributed by atoms with E-state index in [0.717, 1.165) is 0 Å². The van der Waals surface area contributed by atoms with Gasteiger partial charge in [0.25, 0.3) is 11.7 Å². The molecule has 0 unspecified atom stereocenters. The van der Waals surface area contributed by atoms with Crippen LogP contribution in [0.2, 0.25) is 0 Å². The van der Waals surface area contributed by atoms with Crippen LogP contribution < -0.4 is 5.32 Å². The van der Waals surface area contributed by atoms with E-state index in [0.29, 0.717) is 33.6 Å². The number of aryl methyl sites for hydroxylation is 1. The van der Waals surface area contributed by atoms with Gasteiger partial charge in [0.15, 0.2) is 6.61 Å². The Morgan fingerprint density at radius 3 is 2.34 bits per heavy atom. The first-order chi connectivity index (χ1) is 13.7. The maximum absolute atomic E-state index is 12.3. The van der Waals surface area contributed by atoms with Crippen LogP contribution in [0.4, 0.5) is 14.5 Å². The molecule has 0 saturated heterocycles. The number of aromatic amines is 1. The van der Waals surface area contributed by atoms with Gasteiger partial charge in [0, 0.05) is 16.3 Å². The van der Waals surface area contributed by atoms with Crippen molar-refractivity contribution in [1.82, 2.24) is 4.98 Å². The van der Waals surface area contributed by atoms with Crippen molar-refractivity contribution in [3.05, 3.63) is 46.8 Å². The van der Waals surface area contributed by atoms with Crippen LogP contribution in [0.3, 0.4) is 0 Å². The molecule has 1 heterocycles. The smallest absolute Gasteiger partial charge is 0.355 e. The molecule has 0 aliphatic rings. The molecule has 1 amide bonds. The summed E-state index contributed by atoms with van der Waals surface area (Å²) in [6.07, 6.45) is 0. The highest BCUT2D eigenvalue weighted by molar-refractivity contribution is 7.99. The molecule has 1 aromatic heterocycles. The number of alkyl halides is 2. The van der Waals surface area contributed by atoms with Crippen LogP contribution in [0.25, 0.3) is 0 Å². The lowest BCUT2D eigenvalue weighted by Crippen LogP contribution is -2.21. The Bertz CT molecular complexity index is 897. The molecule has 0 saturated carbocycles. The summed E-state index contributed by atoms with van der Waals surface area (Å²) in [5, 5.41) is 2.50. The van der Waals surface area contributed by atoms with Gasteiger partial charge in [-0.25, -0.2) is 9.59 Å². The van der Waals surface area contributed by atoms with Gasteiger partial charge in [-0.2, -0.15) is 8.78 Å². The molecule has 1 aromatic carbocycles. The number of aromatic nitrogens is 1. The fourth-order valence-corrected chi connectivity index (χ4v) is 3.08. The van der Waals surface area contributed by atoms with E-state index in [9.17, 15) is 23.2 Å². The third kappa shape index (κ3) is 6.05. The topological polar surface area (TPSA) is 97.5 Å². The van der Waals surface area contributed by atoms with Crippen LogP contribution >= 0.6 is 11.8 Å². The standard InChI is InChI=1S/C19H20F2N2O5S/c1-4-27-18(26)16-10(2)15(11(3)22-16)17(25)28-9-14(24)23-12-5-7-13(8-6-12)29-19(20)21/h5-8,19,22H,4,9H2,1-3H3,(H,23,24). The average Bonchev–Trinajstić information content (AvgIpc) is 2.95. The lowest BCUT2D eigenvalue weighted by Gasteiger charge is -2.08. The van der Waals surface area contributed by atoms with Crippen molar-refractivity contribution in [2.45, 2.75) is 31.4 Å². The first kappa shape index (κ1) is 22.4. The number of carbonyl (C=O) groups is 3. The fourth-order valence-electron chi connectivity index (χ4n) is 2.58. The van der Waals surface area contributed by atoms with Gasteiger partial charge in [0.1, 0.15) is 5.69 Å². The maximum Gasteiger partial charge on any atom is 0.355 e. The summed E-state index contributed by atoms with van der Waals surface area (Å²) in [4.78, 5) is 39.4. The molecule has 0 fully saturated rings. The predicted octanol–water partition coefficient (Wildman–Crippen LogP) is 3.92. The quantitative estimate of drug-likeness (QED) is 0.491. The van der Waals surface area contributed by atoms with Gasteiger partial charge < -0.3 is 19.8 Å². The number of halogens is 2. The highest BCUT2D eigenvalue weighted by atomic mass is 32.2. The zero-order valence-corrected chi connectivity index (χ0v) is 16.8. The van der Waals surface area contributed by atoms with E-state index >= 15 is 0 Å². The third-order valence-electron chi connectivity index (χ3n) is 3.82. The van der Waals surface area contributed by atoms with Crippen LogP contribution in [0, 0.1) is 13.8 Å². The molecule has 7 nitrogen and oxygen atoms in total. The van der Waals surface area contributed by atoms with E-state index in [2.05, 4.69) is 10.3 Å². The second-order valence-electron chi connectivity index (χ2n) is 5.87. The molecular formula is C19H20F2N2O5S.